The highest BCUT2D eigenvalue weighted by atomic mass is 32.2. The zero-order chi connectivity index (χ0) is 16.7. The molecule has 3 rings (SSSR count). The molecular formula is C17H23BFNO2S. The van der Waals surface area contributed by atoms with Gasteiger partial charge in [-0.2, -0.15) is 11.8 Å². The highest BCUT2D eigenvalue weighted by Gasteiger charge is 2.54. The number of nitrogens with zero attached hydrogens (tertiary/aromatic N) is 1. The summed E-state index contributed by atoms with van der Waals surface area (Å²) in [4.78, 5) is 4.15. The molecule has 0 N–H and O–H groups in total. The summed E-state index contributed by atoms with van der Waals surface area (Å²) in [5.41, 5.74) is 0.136. The van der Waals surface area contributed by atoms with Crippen LogP contribution in [0.4, 0.5) is 4.39 Å². The minimum atomic E-state index is -0.944. The van der Waals surface area contributed by atoms with Gasteiger partial charge in [0.2, 0.25) is 0 Å². The van der Waals surface area contributed by atoms with Gasteiger partial charge in [0.05, 0.1) is 11.2 Å². The van der Waals surface area contributed by atoms with Gasteiger partial charge in [-0.05, 0) is 63.0 Å². The summed E-state index contributed by atoms with van der Waals surface area (Å²) in [5, 5.41) is 0. The fourth-order valence-corrected chi connectivity index (χ4v) is 4.16. The Balaban J connectivity index is 1.99. The second kappa shape index (κ2) is 6.23. The lowest BCUT2D eigenvalue weighted by Gasteiger charge is -2.32. The number of halogens is 1. The molecule has 2 fully saturated rings. The van der Waals surface area contributed by atoms with Crippen molar-refractivity contribution in [2.75, 3.05) is 11.5 Å². The van der Waals surface area contributed by atoms with Gasteiger partial charge in [0, 0.05) is 18.1 Å². The van der Waals surface area contributed by atoms with E-state index in [9.17, 15) is 0 Å². The molecule has 2 saturated heterocycles. The Kier molecular flexibility index (Phi) is 4.60. The van der Waals surface area contributed by atoms with Crippen LogP contribution in [0.3, 0.4) is 0 Å². The first-order chi connectivity index (χ1) is 10.8. The van der Waals surface area contributed by atoms with Crippen LogP contribution in [-0.4, -0.2) is 34.8 Å². The first-order valence-corrected chi connectivity index (χ1v) is 9.20. The van der Waals surface area contributed by atoms with Gasteiger partial charge >= 0.3 is 7.12 Å². The number of rotatable bonds is 3. The number of hydrogen-bond donors (Lipinski definition) is 0. The summed E-state index contributed by atoms with van der Waals surface area (Å²) < 4.78 is 27.2. The fraction of sp³-hybridized carbons (Fsp3) is 0.588. The van der Waals surface area contributed by atoms with E-state index in [4.69, 9.17) is 9.31 Å². The maximum atomic E-state index is 15.4. The lowest BCUT2D eigenvalue weighted by Crippen LogP contribution is -2.41. The molecule has 1 atom stereocenters. The summed E-state index contributed by atoms with van der Waals surface area (Å²) in [6.45, 7) is 7.76. The fourth-order valence-electron chi connectivity index (χ4n) is 2.93. The van der Waals surface area contributed by atoms with Gasteiger partial charge in [-0.1, -0.05) is 6.07 Å². The van der Waals surface area contributed by atoms with Crippen LogP contribution in [0.25, 0.3) is 5.57 Å². The van der Waals surface area contributed by atoms with Crippen molar-refractivity contribution in [3.8, 4) is 0 Å². The third-order valence-corrected chi connectivity index (χ3v) is 6.19. The lowest BCUT2D eigenvalue weighted by molar-refractivity contribution is 0.00578. The predicted molar refractivity (Wildman–Crippen MR) is 93.8 cm³/mol. The SMILES string of the molecule is CC1(C)OB(C(F)=C(c2cccnc2)C2CCSC2)OC1(C)C. The highest BCUT2D eigenvalue weighted by Crippen LogP contribution is 2.43. The van der Waals surface area contributed by atoms with Crippen molar-refractivity contribution in [2.45, 2.75) is 45.3 Å². The van der Waals surface area contributed by atoms with Gasteiger partial charge in [-0.15, -0.1) is 0 Å². The Morgan fingerprint density at radius 3 is 2.52 bits per heavy atom. The highest BCUT2D eigenvalue weighted by molar-refractivity contribution is 7.99. The molecule has 124 valence electrons. The molecule has 2 aliphatic rings. The van der Waals surface area contributed by atoms with Crippen LogP contribution in [0.2, 0.25) is 0 Å². The van der Waals surface area contributed by atoms with Crippen LogP contribution >= 0.6 is 11.8 Å². The van der Waals surface area contributed by atoms with Gasteiger partial charge in [0.15, 0.2) is 0 Å². The molecule has 1 aromatic heterocycles. The van der Waals surface area contributed by atoms with Crippen LogP contribution in [0.5, 0.6) is 0 Å². The van der Waals surface area contributed by atoms with Gasteiger partial charge < -0.3 is 9.31 Å². The summed E-state index contributed by atoms with van der Waals surface area (Å²) in [7, 11) is -0.944. The van der Waals surface area contributed by atoms with Crippen molar-refractivity contribution in [3.63, 3.8) is 0 Å². The maximum Gasteiger partial charge on any atom is 0.525 e. The monoisotopic (exact) mass is 335 g/mol. The number of hydrogen-bond acceptors (Lipinski definition) is 4. The van der Waals surface area contributed by atoms with Gasteiger partial charge in [-0.25, -0.2) is 4.39 Å². The number of aromatic nitrogens is 1. The first-order valence-electron chi connectivity index (χ1n) is 8.05. The van der Waals surface area contributed by atoms with E-state index >= 15 is 4.39 Å². The molecule has 6 heteroatoms. The van der Waals surface area contributed by atoms with Crippen molar-refractivity contribution < 1.29 is 13.7 Å². The number of pyridine rings is 1. The Bertz CT molecular complexity index is 584. The van der Waals surface area contributed by atoms with Crippen molar-refractivity contribution in [1.82, 2.24) is 4.98 Å². The molecule has 0 aliphatic carbocycles. The molecule has 23 heavy (non-hydrogen) atoms. The normalized spacial score (nSPS) is 27.2. The lowest BCUT2D eigenvalue weighted by atomic mass is 9.78. The average molecular weight is 335 g/mol. The maximum absolute atomic E-state index is 15.4. The molecule has 1 unspecified atom stereocenters. The smallest absolute Gasteiger partial charge is 0.398 e. The van der Waals surface area contributed by atoms with Crippen LogP contribution in [0.1, 0.15) is 39.7 Å². The third kappa shape index (κ3) is 3.21. The molecule has 0 radical (unpaired) electrons. The number of thioether (sulfide) groups is 1. The van der Waals surface area contributed by atoms with Gasteiger partial charge in [0.25, 0.3) is 0 Å². The van der Waals surface area contributed by atoms with Crippen LogP contribution in [0.15, 0.2) is 30.3 Å². The molecule has 0 aromatic carbocycles. The third-order valence-electron chi connectivity index (χ3n) is 5.03. The van der Waals surface area contributed by atoms with E-state index in [-0.39, 0.29) is 11.6 Å². The summed E-state index contributed by atoms with van der Waals surface area (Å²) in [6.07, 6.45) is 4.40. The Labute approximate surface area is 142 Å². The summed E-state index contributed by atoms with van der Waals surface area (Å²) in [6, 6.07) is 3.76. The molecule has 3 nitrogen and oxygen atoms in total. The molecule has 0 saturated carbocycles. The van der Waals surface area contributed by atoms with Crippen molar-refractivity contribution in [1.29, 1.82) is 0 Å². The van der Waals surface area contributed by atoms with Crippen molar-refractivity contribution >= 4 is 24.5 Å². The summed E-state index contributed by atoms with van der Waals surface area (Å²) in [5.74, 6) is 2.17. The standard InChI is InChI=1S/C17H23BFNO2S/c1-16(2)17(3,4)22-18(21-16)15(19)14(13-7-9-23-11-13)12-6-5-8-20-10-12/h5-6,8,10,13H,7,9,11H2,1-4H3. The van der Waals surface area contributed by atoms with Gasteiger partial charge in [0.1, 0.15) is 5.73 Å². The topological polar surface area (TPSA) is 31.4 Å². The van der Waals surface area contributed by atoms with E-state index in [0.29, 0.717) is 5.57 Å². The molecular weight excluding hydrogens is 312 g/mol. The molecule has 3 heterocycles. The zero-order valence-electron chi connectivity index (χ0n) is 14.1. The van der Waals surface area contributed by atoms with E-state index in [1.54, 1.807) is 12.4 Å². The second-order valence-corrected chi connectivity index (χ2v) is 8.30. The second-order valence-electron chi connectivity index (χ2n) is 7.15. The molecule has 0 bridgehead atoms. The van der Waals surface area contributed by atoms with E-state index in [1.807, 2.05) is 51.6 Å². The van der Waals surface area contributed by atoms with Crippen molar-refractivity contribution in [2.24, 2.45) is 5.92 Å². The minimum absolute atomic E-state index is 0.184. The average Bonchev–Trinajstić information content (AvgIpc) is 3.07. The summed E-state index contributed by atoms with van der Waals surface area (Å²) >= 11 is 1.86. The molecule has 1 aromatic rings. The van der Waals surface area contributed by atoms with Crippen molar-refractivity contribution in [3.05, 3.63) is 35.8 Å². The van der Waals surface area contributed by atoms with Crippen LogP contribution < -0.4 is 0 Å². The molecule has 2 aliphatic heterocycles. The van der Waals surface area contributed by atoms with E-state index in [0.717, 1.165) is 23.5 Å². The van der Waals surface area contributed by atoms with E-state index < -0.39 is 18.3 Å². The molecule has 0 spiro atoms. The minimum Gasteiger partial charge on any atom is -0.398 e. The largest absolute Gasteiger partial charge is 0.525 e. The molecule has 0 amide bonds. The first kappa shape index (κ1) is 17.0. The van der Waals surface area contributed by atoms with Gasteiger partial charge in [-0.3, -0.25) is 4.98 Å². The van der Waals surface area contributed by atoms with Crippen LogP contribution in [-0.2, 0) is 9.31 Å². The van der Waals surface area contributed by atoms with E-state index in [2.05, 4.69) is 4.98 Å². The van der Waals surface area contributed by atoms with Crippen LogP contribution in [0, 0.1) is 5.92 Å². The Morgan fingerprint density at radius 2 is 2.00 bits per heavy atom. The predicted octanol–water partition coefficient (Wildman–Crippen LogP) is 4.15. The Morgan fingerprint density at radius 1 is 1.30 bits per heavy atom. The number of allylic oxidation sites excluding steroid dienone is 1. The quantitative estimate of drug-likeness (QED) is 0.777. The Hall–Kier alpha value is -0.845. The van der Waals surface area contributed by atoms with E-state index in [1.165, 1.54) is 0 Å². The zero-order valence-corrected chi connectivity index (χ0v) is 15.0.